The number of aliphatic carboxylic acids is 1. The average molecular weight is 376 g/mol. The molecular weight excluding hydrogens is 348 g/mol. The maximum absolute atomic E-state index is 12.3. The molecule has 0 saturated carbocycles. The van der Waals surface area contributed by atoms with Gasteiger partial charge >= 0.3 is 5.97 Å². The highest BCUT2D eigenvalue weighted by molar-refractivity contribution is 5.94. The summed E-state index contributed by atoms with van der Waals surface area (Å²) in [5, 5.41) is 35.2. The van der Waals surface area contributed by atoms with Crippen molar-refractivity contribution in [3.63, 3.8) is 0 Å². The lowest BCUT2D eigenvalue weighted by Gasteiger charge is -2.27. The minimum absolute atomic E-state index is 0.411. The molecule has 150 valence electrons. The zero-order chi connectivity index (χ0) is 20.6. The Kier molecular flexibility index (Phi) is 9.76. The number of carboxylic acids is 1. The first kappa shape index (κ1) is 23.8. The Labute approximate surface area is 151 Å². The van der Waals surface area contributed by atoms with E-state index in [1.165, 1.54) is 13.8 Å². The molecule has 26 heavy (non-hydrogen) atoms. The van der Waals surface area contributed by atoms with Crippen LogP contribution in [0.5, 0.6) is 0 Å². The molecule has 0 unspecified atom stereocenters. The van der Waals surface area contributed by atoms with Crippen LogP contribution in [-0.4, -0.2) is 75.9 Å². The topological polar surface area (TPSA) is 191 Å². The van der Waals surface area contributed by atoms with Crippen LogP contribution >= 0.6 is 0 Å². The van der Waals surface area contributed by atoms with Crippen molar-refractivity contribution in [2.45, 2.75) is 58.0 Å². The first-order valence-electron chi connectivity index (χ1n) is 8.11. The zero-order valence-electron chi connectivity index (χ0n) is 15.2. The molecule has 0 heterocycles. The van der Waals surface area contributed by atoms with Gasteiger partial charge in [0, 0.05) is 0 Å². The first-order valence-corrected chi connectivity index (χ1v) is 8.11. The molecule has 0 aliphatic rings. The number of nitrogens with two attached hydrogens (primary N) is 1. The molecule has 5 atom stereocenters. The fraction of sp³-hybridized carbons (Fsp3) is 0.733. The van der Waals surface area contributed by atoms with Crippen molar-refractivity contribution in [1.29, 1.82) is 0 Å². The first-order chi connectivity index (χ1) is 11.9. The summed E-state index contributed by atoms with van der Waals surface area (Å²) in [6, 6.07) is -4.11. The van der Waals surface area contributed by atoms with Gasteiger partial charge < -0.3 is 37.0 Å². The summed E-state index contributed by atoms with van der Waals surface area (Å²) in [4.78, 5) is 47.1. The number of carbonyl (C=O) groups is 4. The average Bonchev–Trinajstić information content (AvgIpc) is 2.53. The van der Waals surface area contributed by atoms with Gasteiger partial charge in [0.05, 0.1) is 18.8 Å². The number of nitrogens with one attached hydrogen (secondary N) is 3. The number of hydrogen-bond donors (Lipinski definition) is 7. The molecule has 8 N–H and O–H groups in total. The standard InChI is InChI=1S/C15H28N4O7/c1-6(2)10(15(25)26)18-14(24)12(8(4)21)19-13(23)11(7(3)20)17-9(22)5-16/h6-8,10-12,20-21H,5,16H2,1-4H3,(H,17,22)(H,18,24)(H,19,23)(H,25,26)/t7-,8-,10+,11+,12+/m1/s1. The van der Waals surface area contributed by atoms with Crippen molar-refractivity contribution < 1.29 is 34.5 Å². The molecule has 0 saturated heterocycles. The smallest absolute Gasteiger partial charge is 0.326 e. The van der Waals surface area contributed by atoms with E-state index in [1.807, 2.05) is 0 Å². The molecule has 0 aromatic carbocycles. The Balaban J connectivity index is 5.25. The molecule has 0 rings (SSSR count). The maximum Gasteiger partial charge on any atom is 0.326 e. The highest BCUT2D eigenvalue weighted by Crippen LogP contribution is 2.04. The van der Waals surface area contributed by atoms with Crippen LogP contribution in [0.3, 0.4) is 0 Å². The monoisotopic (exact) mass is 376 g/mol. The van der Waals surface area contributed by atoms with Gasteiger partial charge in [-0.25, -0.2) is 4.79 Å². The number of rotatable bonds is 10. The third-order valence-corrected chi connectivity index (χ3v) is 3.56. The predicted molar refractivity (Wildman–Crippen MR) is 90.7 cm³/mol. The van der Waals surface area contributed by atoms with E-state index in [0.717, 1.165) is 0 Å². The van der Waals surface area contributed by atoms with Crippen LogP contribution in [0.4, 0.5) is 0 Å². The SMILES string of the molecule is CC(C)[C@H](NC(=O)[C@@H](NC(=O)[C@@H](NC(=O)CN)[C@@H](C)O)[C@@H](C)O)C(=O)O. The van der Waals surface area contributed by atoms with E-state index < -0.39 is 66.5 Å². The van der Waals surface area contributed by atoms with Crippen molar-refractivity contribution in [3.05, 3.63) is 0 Å². The summed E-state index contributed by atoms with van der Waals surface area (Å²) in [5.74, 6) is -4.24. The van der Waals surface area contributed by atoms with Crippen LogP contribution in [-0.2, 0) is 19.2 Å². The van der Waals surface area contributed by atoms with Crippen LogP contribution in [0.2, 0.25) is 0 Å². The molecule has 0 bridgehead atoms. The Morgan fingerprint density at radius 1 is 0.808 bits per heavy atom. The number of carbonyl (C=O) groups excluding carboxylic acids is 3. The normalized spacial score (nSPS) is 16.8. The van der Waals surface area contributed by atoms with Gasteiger partial charge in [0.25, 0.3) is 0 Å². The van der Waals surface area contributed by atoms with Gasteiger partial charge in [-0.15, -0.1) is 0 Å². The highest BCUT2D eigenvalue weighted by atomic mass is 16.4. The van der Waals surface area contributed by atoms with Crippen molar-refractivity contribution in [1.82, 2.24) is 16.0 Å². The lowest BCUT2D eigenvalue weighted by atomic mass is 10.0. The fourth-order valence-corrected chi connectivity index (χ4v) is 2.04. The van der Waals surface area contributed by atoms with Gasteiger partial charge in [-0.1, -0.05) is 13.8 Å². The second-order valence-corrected chi connectivity index (χ2v) is 6.29. The molecule has 0 aromatic rings. The van der Waals surface area contributed by atoms with Crippen LogP contribution in [0.25, 0.3) is 0 Å². The molecule has 0 fully saturated rings. The van der Waals surface area contributed by atoms with Gasteiger partial charge in [0.15, 0.2) is 0 Å². The lowest BCUT2D eigenvalue weighted by molar-refractivity contribution is -0.144. The van der Waals surface area contributed by atoms with Gasteiger partial charge in [-0.3, -0.25) is 14.4 Å². The molecule has 0 aromatic heterocycles. The van der Waals surface area contributed by atoms with Gasteiger partial charge in [0.1, 0.15) is 18.1 Å². The van der Waals surface area contributed by atoms with E-state index in [4.69, 9.17) is 10.8 Å². The zero-order valence-corrected chi connectivity index (χ0v) is 15.2. The van der Waals surface area contributed by atoms with Crippen molar-refractivity contribution in [2.24, 2.45) is 11.7 Å². The fourth-order valence-electron chi connectivity index (χ4n) is 2.04. The minimum atomic E-state index is -1.49. The summed E-state index contributed by atoms with van der Waals surface area (Å²) in [7, 11) is 0. The number of hydrogen-bond acceptors (Lipinski definition) is 7. The van der Waals surface area contributed by atoms with E-state index in [0.29, 0.717) is 0 Å². The Morgan fingerprint density at radius 3 is 1.50 bits per heavy atom. The number of aliphatic hydroxyl groups is 2. The predicted octanol–water partition coefficient (Wildman–Crippen LogP) is -3.10. The van der Waals surface area contributed by atoms with E-state index in [-0.39, 0.29) is 0 Å². The van der Waals surface area contributed by atoms with E-state index >= 15 is 0 Å². The van der Waals surface area contributed by atoms with Crippen LogP contribution in [0, 0.1) is 5.92 Å². The number of carboxylic acid groups (broad SMARTS) is 1. The summed E-state index contributed by atoms with van der Waals surface area (Å²) in [5.41, 5.74) is 5.14. The summed E-state index contributed by atoms with van der Waals surface area (Å²) < 4.78 is 0. The molecule has 0 aliphatic heterocycles. The van der Waals surface area contributed by atoms with Crippen molar-refractivity contribution in [2.75, 3.05) is 6.54 Å². The van der Waals surface area contributed by atoms with E-state index in [1.54, 1.807) is 13.8 Å². The second kappa shape index (κ2) is 10.7. The van der Waals surface area contributed by atoms with Gasteiger partial charge in [-0.2, -0.15) is 0 Å². The summed E-state index contributed by atoms with van der Waals surface area (Å²) in [6.07, 6.45) is -2.66. The molecule has 11 nitrogen and oxygen atoms in total. The van der Waals surface area contributed by atoms with Gasteiger partial charge in [0.2, 0.25) is 17.7 Å². The summed E-state index contributed by atoms with van der Waals surface area (Å²) in [6.45, 7) is 5.23. The molecular formula is C15H28N4O7. The number of aliphatic hydroxyl groups excluding tert-OH is 2. The highest BCUT2D eigenvalue weighted by Gasteiger charge is 2.34. The molecule has 0 spiro atoms. The molecule has 11 heteroatoms. The van der Waals surface area contributed by atoms with E-state index in [2.05, 4.69) is 16.0 Å². The minimum Gasteiger partial charge on any atom is -0.480 e. The van der Waals surface area contributed by atoms with Crippen molar-refractivity contribution >= 4 is 23.7 Å². The van der Waals surface area contributed by atoms with E-state index in [9.17, 15) is 29.4 Å². The Hall–Kier alpha value is -2.24. The molecule has 0 aliphatic carbocycles. The van der Waals surface area contributed by atoms with Crippen molar-refractivity contribution in [3.8, 4) is 0 Å². The second-order valence-electron chi connectivity index (χ2n) is 6.29. The van der Waals surface area contributed by atoms with Crippen LogP contribution < -0.4 is 21.7 Å². The summed E-state index contributed by atoms with van der Waals surface area (Å²) >= 11 is 0. The lowest BCUT2D eigenvalue weighted by Crippen LogP contribution is -2.61. The maximum atomic E-state index is 12.3. The molecule has 0 radical (unpaired) electrons. The Bertz CT molecular complexity index is 522. The number of amides is 3. The quantitative estimate of drug-likeness (QED) is 0.208. The third kappa shape index (κ3) is 7.33. The largest absolute Gasteiger partial charge is 0.480 e. The van der Waals surface area contributed by atoms with Gasteiger partial charge in [-0.05, 0) is 19.8 Å². The van der Waals surface area contributed by atoms with Crippen LogP contribution in [0.15, 0.2) is 0 Å². The molecule has 3 amide bonds. The third-order valence-electron chi connectivity index (χ3n) is 3.56. The Morgan fingerprint density at radius 2 is 1.19 bits per heavy atom. The van der Waals surface area contributed by atoms with Crippen LogP contribution in [0.1, 0.15) is 27.7 Å².